The summed E-state index contributed by atoms with van der Waals surface area (Å²) in [6, 6.07) is 15.3. The number of halogens is 2. The quantitative estimate of drug-likeness (QED) is 0.439. The van der Waals surface area contributed by atoms with Gasteiger partial charge in [0.2, 0.25) is 5.91 Å². The molecular formula is C26H24ClFN2O4S. The molecule has 0 aliphatic carbocycles. The lowest BCUT2D eigenvalue weighted by Gasteiger charge is -2.32. The first-order valence-electron chi connectivity index (χ1n) is 11.2. The maximum Gasteiger partial charge on any atom is 0.348 e. The number of benzene rings is 2. The first-order chi connectivity index (χ1) is 16.9. The highest BCUT2D eigenvalue weighted by molar-refractivity contribution is 7.14. The van der Waals surface area contributed by atoms with Crippen molar-refractivity contribution < 1.29 is 23.5 Å². The molecular weight excluding hydrogens is 491 g/mol. The van der Waals surface area contributed by atoms with E-state index in [-0.39, 0.29) is 34.7 Å². The largest absolute Gasteiger partial charge is 0.465 e. The van der Waals surface area contributed by atoms with E-state index in [2.05, 4.69) is 10.1 Å². The number of amides is 2. The molecule has 1 fully saturated rings. The number of nitrogens with one attached hydrogen (secondary N) is 1. The fourth-order valence-corrected chi connectivity index (χ4v) is 5.33. The van der Waals surface area contributed by atoms with Crippen molar-refractivity contribution >= 4 is 46.4 Å². The third kappa shape index (κ3) is 5.89. The van der Waals surface area contributed by atoms with Gasteiger partial charge in [-0.1, -0.05) is 29.8 Å². The molecule has 0 saturated carbocycles. The van der Waals surface area contributed by atoms with Crippen molar-refractivity contribution in [2.75, 3.05) is 25.5 Å². The van der Waals surface area contributed by atoms with Crippen LogP contribution < -0.4 is 5.32 Å². The molecule has 1 aliphatic heterocycles. The molecule has 182 valence electrons. The highest BCUT2D eigenvalue weighted by atomic mass is 35.5. The zero-order valence-corrected chi connectivity index (χ0v) is 20.6. The first-order valence-corrected chi connectivity index (χ1v) is 12.3. The van der Waals surface area contributed by atoms with Crippen molar-refractivity contribution in [1.82, 2.24) is 4.90 Å². The summed E-state index contributed by atoms with van der Waals surface area (Å²) in [5.41, 5.74) is 1.74. The zero-order chi connectivity index (χ0) is 24.9. The van der Waals surface area contributed by atoms with Gasteiger partial charge in [-0.15, -0.1) is 11.3 Å². The summed E-state index contributed by atoms with van der Waals surface area (Å²) in [6.07, 6.45) is 1.68. The molecule has 0 spiro atoms. The minimum Gasteiger partial charge on any atom is -0.465 e. The fraction of sp³-hybridized carbons (Fsp3) is 0.269. The zero-order valence-electron chi connectivity index (χ0n) is 19.1. The molecule has 2 amide bonds. The van der Waals surface area contributed by atoms with Crippen LogP contribution in [0, 0.1) is 5.82 Å². The number of methoxy groups -OCH3 is 1. The number of hydrogen-bond donors (Lipinski definition) is 1. The summed E-state index contributed by atoms with van der Waals surface area (Å²) < 4.78 is 18.8. The number of ether oxygens (including phenoxy) is 1. The summed E-state index contributed by atoms with van der Waals surface area (Å²) in [4.78, 5) is 39.6. The third-order valence-corrected chi connectivity index (χ3v) is 7.39. The molecule has 0 unspecified atom stereocenters. The van der Waals surface area contributed by atoms with Gasteiger partial charge in [-0.25, -0.2) is 9.18 Å². The minimum atomic E-state index is -0.606. The number of carbonyl (C=O) groups is 3. The van der Waals surface area contributed by atoms with E-state index in [1.807, 2.05) is 24.3 Å². The van der Waals surface area contributed by atoms with Crippen molar-refractivity contribution in [2.24, 2.45) is 0 Å². The second kappa shape index (κ2) is 11.0. The molecule has 9 heteroatoms. The van der Waals surface area contributed by atoms with E-state index in [0.29, 0.717) is 23.7 Å². The number of thiophene rings is 1. The number of piperidine rings is 1. The SMILES string of the molecule is COC(=O)c1ccc(CC(=O)Nc2ccc(C3CCN(C(=O)c4c(F)cccc4Cl)CC3)cc2)s1. The van der Waals surface area contributed by atoms with Crippen LogP contribution in [0.5, 0.6) is 0 Å². The lowest BCUT2D eigenvalue weighted by Crippen LogP contribution is -2.38. The molecule has 2 aromatic carbocycles. The number of likely N-dealkylation sites (tertiary alicyclic amines) is 1. The van der Waals surface area contributed by atoms with E-state index in [1.165, 1.54) is 36.6 Å². The lowest BCUT2D eigenvalue weighted by atomic mass is 9.89. The van der Waals surface area contributed by atoms with Crippen LogP contribution in [0.2, 0.25) is 5.02 Å². The van der Waals surface area contributed by atoms with E-state index < -0.39 is 11.8 Å². The van der Waals surface area contributed by atoms with Gasteiger partial charge in [0.25, 0.3) is 5.91 Å². The molecule has 6 nitrogen and oxygen atoms in total. The summed E-state index contributed by atoms with van der Waals surface area (Å²) in [5, 5.41) is 3.00. The second-order valence-corrected chi connectivity index (χ2v) is 9.84. The Morgan fingerprint density at radius 1 is 1.09 bits per heavy atom. The van der Waals surface area contributed by atoms with Gasteiger partial charge in [0, 0.05) is 23.7 Å². The van der Waals surface area contributed by atoms with Gasteiger partial charge in [-0.2, -0.15) is 0 Å². The maximum atomic E-state index is 14.1. The number of rotatable bonds is 6. The van der Waals surface area contributed by atoms with Gasteiger partial charge in [0.15, 0.2) is 0 Å². The molecule has 0 bridgehead atoms. The topological polar surface area (TPSA) is 75.7 Å². The van der Waals surface area contributed by atoms with Crippen LogP contribution in [0.3, 0.4) is 0 Å². The number of anilines is 1. The third-order valence-electron chi connectivity index (χ3n) is 6.01. The molecule has 0 atom stereocenters. The Balaban J connectivity index is 1.30. The Hall–Kier alpha value is -3.23. The standard InChI is InChI=1S/C26H24ClFN2O4S/c1-34-26(33)22-10-9-19(35-22)15-23(31)29-18-7-5-16(6-8-18)17-11-13-30(14-12-17)25(32)24-20(27)3-2-4-21(24)28/h2-10,17H,11-15H2,1H3,(H,29,31). The normalized spacial score (nSPS) is 14.0. The van der Waals surface area contributed by atoms with E-state index in [1.54, 1.807) is 17.0 Å². The van der Waals surface area contributed by atoms with Gasteiger partial charge in [0.05, 0.1) is 24.1 Å². The van der Waals surface area contributed by atoms with E-state index in [0.717, 1.165) is 23.3 Å². The summed E-state index contributed by atoms with van der Waals surface area (Å²) >= 11 is 7.28. The molecule has 0 radical (unpaired) electrons. The van der Waals surface area contributed by atoms with Crippen LogP contribution in [0.1, 0.15) is 49.2 Å². The Kier molecular flexibility index (Phi) is 7.83. The average molecular weight is 515 g/mol. The Labute approximate surface area is 211 Å². The summed E-state index contributed by atoms with van der Waals surface area (Å²) in [6.45, 7) is 1.03. The van der Waals surface area contributed by atoms with Crippen LogP contribution in [-0.2, 0) is 16.0 Å². The molecule has 1 aromatic heterocycles. The average Bonchev–Trinajstić information content (AvgIpc) is 3.32. The Morgan fingerprint density at radius 3 is 2.46 bits per heavy atom. The Morgan fingerprint density at radius 2 is 1.80 bits per heavy atom. The van der Waals surface area contributed by atoms with Crippen LogP contribution in [0.15, 0.2) is 54.6 Å². The van der Waals surface area contributed by atoms with Crippen molar-refractivity contribution in [3.05, 3.63) is 86.3 Å². The van der Waals surface area contributed by atoms with E-state index in [4.69, 9.17) is 11.6 Å². The molecule has 4 rings (SSSR count). The van der Waals surface area contributed by atoms with Crippen molar-refractivity contribution in [3.63, 3.8) is 0 Å². The number of nitrogens with zero attached hydrogens (tertiary/aromatic N) is 1. The van der Waals surface area contributed by atoms with Gasteiger partial charge < -0.3 is 15.0 Å². The maximum absolute atomic E-state index is 14.1. The molecule has 35 heavy (non-hydrogen) atoms. The molecule has 1 N–H and O–H groups in total. The van der Waals surface area contributed by atoms with Gasteiger partial charge in [-0.05, 0) is 60.7 Å². The summed E-state index contributed by atoms with van der Waals surface area (Å²) in [5.74, 6) is -1.31. The van der Waals surface area contributed by atoms with Gasteiger partial charge in [0.1, 0.15) is 10.7 Å². The van der Waals surface area contributed by atoms with E-state index in [9.17, 15) is 18.8 Å². The van der Waals surface area contributed by atoms with Crippen molar-refractivity contribution in [2.45, 2.75) is 25.2 Å². The number of carbonyl (C=O) groups excluding carboxylic acids is 3. The predicted octanol–water partition coefficient (Wildman–Crippen LogP) is 5.53. The van der Waals surface area contributed by atoms with Crippen LogP contribution in [0.25, 0.3) is 0 Å². The van der Waals surface area contributed by atoms with Gasteiger partial charge in [-0.3, -0.25) is 9.59 Å². The lowest BCUT2D eigenvalue weighted by molar-refractivity contribution is -0.115. The molecule has 1 saturated heterocycles. The van der Waals surface area contributed by atoms with E-state index >= 15 is 0 Å². The fourth-order valence-electron chi connectivity index (χ4n) is 4.16. The highest BCUT2D eigenvalue weighted by Crippen LogP contribution is 2.31. The van der Waals surface area contributed by atoms with Crippen molar-refractivity contribution in [1.29, 1.82) is 0 Å². The molecule has 2 heterocycles. The monoisotopic (exact) mass is 514 g/mol. The van der Waals surface area contributed by atoms with Crippen LogP contribution in [0.4, 0.5) is 10.1 Å². The van der Waals surface area contributed by atoms with Crippen LogP contribution in [-0.4, -0.2) is 42.9 Å². The highest BCUT2D eigenvalue weighted by Gasteiger charge is 2.27. The number of esters is 1. The Bertz CT molecular complexity index is 1220. The van der Waals surface area contributed by atoms with Gasteiger partial charge >= 0.3 is 5.97 Å². The number of hydrogen-bond acceptors (Lipinski definition) is 5. The molecule has 1 aliphatic rings. The molecule has 3 aromatic rings. The first kappa shape index (κ1) is 24.9. The smallest absolute Gasteiger partial charge is 0.348 e. The minimum absolute atomic E-state index is 0.0724. The van der Waals surface area contributed by atoms with Crippen LogP contribution >= 0.6 is 22.9 Å². The van der Waals surface area contributed by atoms with Crippen molar-refractivity contribution in [3.8, 4) is 0 Å². The predicted molar refractivity (Wildman–Crippen MR) is 134 cm³/mol. The summed E-state index contributed by atoms with van der Waals surface area (Å²) in [7, 11) is 1.32. The second-order valence-electron chi connectivity index (χ2n) is 8.27.